The fourth-order valence-corrected chi connectivity index (χ4v) is 4.76. The highest BCUT2D eigenvalue weighted by molar-refractivity contribution is 6.34. The fourth-order valence-electron chi connectivity index (χ4n) is 4.23. The predicted molar refractivity (Wildman–Crippen MR) is 127 cm³/mol. The molecule has 0 aliphatic carbocycles. The van der Waals surface area contributed by atoms with Gasteiger partial charge in [0, 0.05) is 27.6 Å². The SMILES string of the molecule is Cc1cc(C2=NOC(c3cc(Cl)cc(Cl)c3)(C(F)(F)F)C2)ccc1C(=O)N[C@@]1(C)CON(CC(F)(F)F)C1=O. The molecule has 0 bridgehead atoms. The average Bonchev–Trinajstić information content (AvgIpc) is 3.36. The molecular weight excluding hydrogens is 579 g/mol. The van der Waals surface area contributed by atoms with E-state index < -0.39 is 54.9 Å². The van der Waals surface area contributed by atoms with Crippen LogP contribution in [-0.2, 0) is 20.1 Å². The van der Waals surface area contributed by atoms with E-state index in [4.69, 9.17) is 32.9 Å². The zero-order valence-electron chi connectivity index (χ0n) is 20.1. The number of nitrogens with zero attached hydrogens (tertiary/aromatic N) is 2. The van der Waals surface area contributed by atoms with Crippen LogP contribution in [0.2, 0.25) is 10.0 Å². The van der Waals surface area contributed by atoms with Crippen LogP contribution >= 0.6 is 23.2 Å². The number of carbonyl (C=O) groups excluding carboxylic acids is 2. The molecule has 7 nitrogen and oxygen atoms in total. The summed E-state index contributed by atoms with van der Waals surface area (Å²) >= 11 is 11.8. The number of aryl methyl sites for hydroxylation is 1. The molecule has 1 unspecified atom stereocenters. The van der Waals surface area contributed by atoms with Gasteiger partial charge in [0.15, 0.2) is 0 Å². The average molecular weight is 598 g/mol. The molecule has 2 heterocycles. The summed E-state index contributed by atoms with van der Waals surface area (Å²) in [5, 5.41) is 6.14. The van der Waals surface area contributed by atoms with E-state index in [0.29, 0.717) is 5.56 Å². The van der Waals surface area contributed by atoms with Crippen LogP contribution in [0, 0.1) is 6.92 Å². The summed E-state index contributed by atoms with van der Waals surface area (Å²) in [7, 11) is 0. The molecule has 1 N–H and O–H groups in total. The highest BCUT2D eigenvalue weighted by atomic mass is 35.5. The Hall–Kier alpha value is -3.03. The maximum atomic E-state index is 14.2. The van der Waals surface area contributed by atoms with Gasteiger partial charge in [-0.3, -0.25) is 14.4 Å². The Morgan fingerprint density at radius 1 is 1.10 bits per heavy atom. The van der Waals surface area contributed by atoms with E-state index in [1.165, 1.54) is 38.1 Å². The van der Waals surface area contributed by atoms with E-state index in [9.17, 15) is 35.9 Å². The van der Waals surface area contributed by atoms with Crippen molar-refractivity contribution in [3.63, 3.8) is 0 Å². The fraction of sp³-hybridized carbons (Fsp3) is 0.375. The molecule has 4 rings (SSSR count). The van der Waals surface area contributed by atoms with Gasteiger partial charge in [0.05, 0.1) is 5.71 Å². The van der Waals surface area contributed by atoms with Crippen molar-refractivity contribution >= 4 is 40.7 Å². The van der Waals surface area contributed by atoms with Crippen molar-refractivity contribution in [1.29, 1.82) is 0 Å². The van der Waals surface area contributed by atoms with Gasteiger partial charge in [-0.15, -0.1) is 0 Å². The first-order chi connectivity index (χ1) is 17.9. The normalized spacial score (nSPS) is 23.6. The van der Waals surface area contributed by atoms with E-state index in [1.54, 1.807) is 0 Å². The molecule has 2 aromatic carbocycles. The third-order valence-electron chi connectivity index (χ3n) is 6.24. The van der Waals surface area contributed by atoms with Gasteiger partial charge in [0.1, 0.15) is 18.7 Å². The molecule has 2 aliphatic rings. The minimum Gasteiger partial charge on any atom is -0.374 e. The zero-order chi connectivity index (χ0) is 29.0. The number of hydrogen-bond donors (Lipinski definition) is 1. The van der Waals surface area contributed by atoms with Crippen LogP contribution in [0.1, 0.15) is 40.4 Å². The largest absolute Gasteiger partial charge is 0.435 e. The number of carbonyl (C=O) groups is 2. The Morgan fingerprint density at radius 3 is 2.31 bits per heavy atom. The van der Waals surface area contributed by atoms with Crippen LogP contribution in [0.5, 0.6) is 0 Å². The van der Waals surface area contributed by atoms with Crippen molar-refractivity contribution in [2.45, 2.75) is 43.8 Å². The van der Waals surface area contributed by atoms with Crippen molar-refractivity contribution in [3.05, 3.63) is 68.7 Å². The first-order valence-electron chi connectivity index (χ1n) is 11.2. The van der Waals surface area contributed by atoms with E-state index in [0.717, 1.165) is 12.1 Å². The number of alkyl halides is 6. The van der Waals surface area contributed by atoms with Crippen LogP contribution in [0.3, 0.4) is 0 Å². The van der Waals surface area contributed by atoms with E-state index in [2.05, 4.69) is 10.5 Å². The van der Waals surface area contributed by atoms with Gasteiger partial charge in [0.2, 0.25) is 0 Å². The topological polar surface area (TPSA) is 80.2 Å². The summed E-state index contributed by atoms with van der Waals surface area (Å²) in [5.41, 5.74) is -4.45. The van der Waals surface area contributed by atoms with Gasteiger partial charge in [-0.2, -0.15) is 26.3 Å². The van der Waals surface area contributed by atoms with E-state index in [-0.39, 0.29) is 37.5 Å². The van der Waals surface area contributed by atoms with E-state index in [1.807, 2.05) is 0 Å². The van der Waals surface area contributed by atoms with E-state index >= 15 is 0 Å². The first-order valence-corrected chi connectivity index (χ1v) is 11.9. The Balaban J connectivity index is 1.54. The quantitative estimate of drug-likeness (QED) is 0.448. The molecule has 1 fully saturated rings. The van der Waals surface area contributed by atoms with Crippen molar-refractivity contribution in [1.82, 2.24) is 10.4 Å². The molecule has 0 saturated carbocycles. The molecule has 2 aromatic rings. The Kier molecular flexibility index (Phi) is 7.32. The Morgan fingerprint density at radius 2 is 1.74 bits per heavy atom. The van der Waals surface area contributed by atoms with Gasteiger partial charge in [-0.05, 0) is 55.3 Å². The molecule has 2 atom stereocenters. The van der Waals surface area contributed by atoms with Crippen molar-refractivity contribution in [3.8, 4) is 0 Å². The molecule has 15 heteroatoms. The minimum atomic E-state index is -4.90. The number of benzene rings is 2. The van der Waals surface area contributed by atoms with Crippen LogP contribution in [0.15, 0.2) is 41.6 Å². The van der Waals surface area contributed by atoms with Gasteiger partial charge >= 0.3 is 12.4 Å². The van der Waals surface area contributed by atoms with Crippen molar-refractivity contribution < 1.29 is 45.6 Å². The first kappa shape index (κ1) is 29.0. The lowest BCUT2D eigenvalue weighted by molar-refractivity contribution is -0.275. The number of hydrogen-bond acceptors (Lipinski definition) is 5. The van der Waals surface area contributed by atoms with Gasteiger partial charge in [-0.25, -0.2) is 5.06 Å². The zero-order valence-corrected chi connectivity index (χ0v) is 21.6. The predicted octanol–water partition coefficient (Wildman–Crippen LogP) is 5.71. The highest BCUT2D eigenvalue weighted by Gasteiger charge is 2.62. The number of amides is 2. The summed E-state index contributed by atoms with van der Waals surface area (Å²) in [4.78, 5) is 35.1. The molecule has 0 aromatic heterocycles. The monoisotopic (exact) mass is 597 g/mol. The lowest BCUT2D eigenvalue weighted by Crippen LogP contribution is -2.54. The summed E-state index contributed by atoms with van der Waals surface area (Å²) in [6.45, 7) is 0.548. The van der Waals surface area contributed by atoms with Crippen LogP contribution in [0.4, 0.5) is 26.3 Å². The number of oxime groups is 1. The molecule has 2 aliphatic heterocycles. The summed E-state index contributed by atoms with van der Waals surface area (Å²) in [6.07, 6.45) is -10.3. The second-order valence-corrected chi connectivity index (χ2v) is 10.2. The van der Waals surface area contributed by atoms with Gasteiger partial charge in [0.25, 0.3) is 17.4 Å². The third-order valence-corrected chi connectivity index (χ3v) is 6.68. The maximum Gasteiger partial charge on any atom is 0.435 e. The van der Waals surface area contributed by atoms with Gasteiger partial charge < -0.3 is 10.2 Å². The minimum absolute atomic E-state index is 0.0225. The number of rotatable bonds is 5. The van der Waals surface area contributed by atoms with Crippen LogP contribution < -0.4 is 5.32 Å². The number of nitrogens with one attached hydrogen (secondary N) is 1. The third kappa shape index (κ3) is 5.66. The van der Waals surface area contributed by atoms with Crippen LogP contribution in [-0.4, -0.2) is 53.6 Å². The van der Waals surface area contributed by atoms with Crippen LogP contribution in [0.25, 0.3) is 0 Å². The number of hydroxylamine groups is 2. The summed E-state index contributed by atoms with van der Waals surface area (Å²) in [6, 6.07) is 7.49. The molecule has 39 heavy (non-hydrogen) atoms. The lowest BCUT2D eigenvalue weighted by Gasteiger charge is -2.29. The van der Waals surface area contributed by atoms with Crippen molar-refractivity contribution in [2.24, 2.45) is 5.16 Å². The Bertz CT molecular complexity index is 1350. The van der Waals surface area contributed by atoms with Crippen molar-refractivity contribution in [2.75, 3.05) is 13.2 Å². The molecule has 0 radical (unpaired) electrons. The molecule has 0 spiro atoms. The second-order valence-electron chi connectivity index (χ2n) is 9.34. The summed E-state index contributed by atoms with van der Waals surface area (Å²) < 4.78 is 80.7. The highest BCUT2D eigenvalue weighted by Crippen LogP contribution is 2.49. The molecule has 210 valence electrons. The Labute approximate surface area is 227 Å². The smallest absolute Gasteiger partial charge is 0.374 e. The summed E-state index contributed by atoms with van der Waals surface area (Å²) in [5.74, 6) is -1.88. The van der Waals surface area contributed by atoms with Gasteiger partial charge in [-0.1, -0.05) is 34.4 Å². The molecule has 1 saturated heterocycles. The lowest BCUT2D eigenvalue weighted by atomic mass is 9.86. The molecular formula is C24H19Cl2F6N3O4. The number of halogens is 8. The molecule has 2 amide bonds. The second kappa shape index (κ2) is 9.86. The maximum absolute atomic E-state index is 14.2. The standard InChI is InChI=1S/C24H19Cl2F6N3O4/c1-12-5-13(18-9-22(39-34-18,24(30,31)32)14-6-15(25)8-16(26)7-14)3-4-17(12)19(36)33-21(2)11-38-35(20(21)37)10-23(27,28)29/h3-8H,9-11H2,1-2H3,(H,33,36)/t21-,22?/m0/s1.